The molecule has 4 aromatic rings. The van der Waals surface area contributed by atoms with Crippen LogP contribution in [-0.4, -0.2) is 27.0 Å². The summed E-state index contributed by atoms with van der Waals surface area (Å²) in [6.07, 6.45) is -4.88. The molecule has 2 heterocycles. The summed E-state index contributed by atoms with van der Waals surface area (Å²) in [5.74, 6) is -3.62. The summed E-state index contributed by atoms with van der Waals surface area (Å²) in [4.78, 5) is 42.8. The highest BCUT2D eigenvalue weighted by Gasteiger charge is 2.34. The van der Waals surface area contributed by atoms with Gasteiger partial charge in [-0.25, -0.2) is 14.2 Å². The maximum atomic E-state index is 13.4. The van der Waals surface area contributed by atoms with Crippen molar-refractivity contribution in [2.24, 2.45) is 0 Å². The van der Waals surface area contributed by atoms with Gasteiger partial charge in [0.05, 0.1) is 29.7 Å². The third-order valence-corrected chi connectivity index (χ3v) is 6.17. The molecule has 0 aliphatic carbocycles. The number of carboxylic acid groups (broad SMARTS) is 1. The van der Waals surface area contributed by atoms with E-state index in [9.17, 15) is 31.9 Å². The smallest absolute Gasteiger partial charge is 0.419 e. The minimum atomic E-state index is -4.88. The molecule has 0 radical (unpaired) electrons. The second-order valence-electron chi connectivity index (χ2n) is 7.85. The van der Waals surface area contributed by atoms with Crippen LogP contribution >= 0.6 is 11.3 Å². The zero-order valence-electron chi connectivity index (χ0n) is 18.7. The van der Waals surface area contributed by atoms with E-state index in [1.54, 1.807) is 17.5 Å². The lowest BCUT2D eigenvalue weighted by Crippen LogP contribution is -2.27. The minimum absolute atomic E-state index is 0.0126. The number of thiophene rings is 1. The monoisotopic (exact) mass is 535 g/mol. The maximum Gasteiger partial charge on any atom is 0.419 e. The Morgan fingerprint density at radius 2 is 1.78 bits per heavy atom. The fourth-order valence-corrected chi connectivity index (χ4v) is 4.33. The first-order valence-corrected chi connectivity index (χ1v) is 11.4. The molecule has 3 N–H and O–H groups in total. The molecule has 2 aromatic heterocycles. The molecule has 0 fully saturated rings. The first-order chi connectivity index (χ1) is 17.5. The lowest BCUT2D eigenvalue weighted by molar-refractivity contribution is -0.140. The molecule has 0 bridgehead atoms. The molecule has 1 amide bonds. The van der Waals surface area contributed by atoms with Gasteiger partial charge >= 0.3 is 12.1 Å². The Kier molecular flexibility index (Phi) is 7.36. The number of nitrogens with zero attached hydrogens (tertiary/aromatic N) is 1. The van der Waals surface area contributed by atoms with Crippen LogP contribution in [0.1, 0.15) is 43.2 Å². The number of halogens is 4. The molecule has 2 aromatic carbocycles. The Balaban J connectivity index is 1.41. The van der Waals surface area contributed by atoms with E-state index in [0.717, 1.165) is 23.0 Å². The normalized spacial score (nSPS) is 11.6. The van der Waals surface area contributed by atoms with E-state index in [4.69, 9.17) is 9.84 Å². The molecule has 0 atom stereocenters. The predicted octanol–water partition coefficient (Wildman–Crippen LogP) is 4.49. The van der Waals surface area contributed by atoms with Gasteiger partial charge in [0, 0.05) is 12.1 Å². The van der Waals surface area contributed by atoms with E-state index in [-0.39, 0.29) is 46.9 Å². The van der Waals surface area contributed by atoms with Crippen LogP contribution < -0.4 is 10.9 Å². The number of aromatic carboxylic acids is 1. The van der Waals surface area contributed by atoms with E-state index in [0.29, 0.717) is 17.7 Å². The molecule has 192 valence electrons. The lowest BCUT2D eigenvalue weighted by Gasteiger charge is -2.10. The molecule has 0 aliphatic rings. The Bertz CT molecular complexity index is 1530. The summed E-state index contributed by atoms with van der Waals surface area (Å²) in [6, 6.07) is 8.50. The van der Waals surface area contributed by atoms with Gasteiger partial charge in [-0.05, 0) is 40.8 Å². The summed E-state index contributed by atoms with van der Waals surface area (Å²) in [5, 5.41) is 13.2. The fraction of sp³-hybridized carbons (Fsp3) is 0.167. The van der Waals surface area contributed by atoms with Crippen LogP contribution in [0.25, 0.3) is 10.2 Å². The molecular formula is C24H17F4N3O5S. The highest BCUT2D eigenvalue weighted by Crippen LogP contribution is 2.32. The number of carboxylic acids is 1. The molecule has 0 saturated carbocycles. The van der Waals surface area contributed by atoms with Gasteiger partial charge in [-0.15, -0.1) is 11.3 Å². The number of amides is 1. The van der Waals surface area contributed by atoms with Crippen molar-refractivity contribution in [1.29, 1.82) is 0 Å². The van der Waals surface area contributed by atoms with Gasteiger partial charge in [0.25, 0.3) is 11.5 Å². The van der Waals surface area contributed by atoms with E-state index in [2.05, 4.69) is 15.3 Å². The highest BCUT2D eigenvalue weighted by molar-refractivity contribution is 7.16. The summed E-state index contributed by atoms with van der Waals surface area (Å²) in [7, 11) is 0. The zero-order valence-corrected chi connectivity index (χ0v) is 19.5. The molecule has 13 heteroatoms. The Hall–Kier alpha value is -4.10. The number of H-pyrrole nitrogens is 1. The van der Waals surface area contributed by atoms with Gasteiger partial charge in [0.2, 0.25) is 5.82 Å². The second kappa shape index (κ2) is 10.5. The first kappa shape index (κ1) is 26.0. The van der Waals surface area contributed by atoms with Crippen molar-refractivity contribution in [3.05, 3.63) is 97.7 Å². The van der Waals surface area contributed by atoms with Crippen LogP contribution in [0, 0.1) is 5.82 Å². The van der Waals surface area contributed by atoms with Crippen LogP contribution in [-0.2, 0) is 30.7 Å². The number of fused-ring (bicyclic) bond motifs is 1. The van der Waals surface area contributed by atoms with Gasteiger partial charge in [0.15, 0.2) is 0 Å². The molecule has 0 unspecified atom stereocenters. The Morgan fingerprint density at radius 3 is 2.46 bits per heavy atom. The van der Waals surface area contributed by atoms with Gasteiger partial charge < -0.3 is 20.1 Å². The summed E-state index contributed by atoms with van der Waals surface area (Å²) in [5.41, 5.74) is -0.611. The molecule has 0 spiro atoms. The minimum Gasteiger partial charge on any atom is -0.478 e. The maximum absolute atomic E-state index is 13.4. The SMILES string of the molecule is O=C(O)c1ccc(COCc2csc3nc(C(=O)NCc4ccc(F)c(C(F)(F)F)c4)[nH]c(=O)c23)cc1. The number of carbonyl (C=O) groups excluding carboxylic acids is 1. The average Bonchev–Trinajstić information content (AvgIpc) is 3.26. The largest absolute Gasteiger partial charge is 0.478 e. The Morgan fingerprint density at radius 1 is 1.08 bits per heavy atom. The van der Waals surface area contributed by atoms with E-state index in [1.165, 1.54) is 12.1 Å². The summed E-state index contributed by atoms with van der Waals surface area (Å²) >= 11 is 1.11. The van der Waals surface area contributed by atoms with Crippen molar-refractivity contribution in [1.82, 2.24) is 15.3 Å². The third kappa shape index (κ3) is 6.01. The highest BCUT2D eigenvalue weighted by atomic mass is 32.1. The van der Waals surface area contributed by atoms with Crippen LogP contribution in [0.4, 0.5) is 17.6 Å². The summed E-state index contributed by atoms with van der Waals surface area (Å²) < 4.78 is 57.7. The first-order valence-electron chi connectivity index (χ1n) is 10.6. The molecular weight excluding hydrogens is 518 g/mol. The van der Waals surface area contributed by atoms with Crippen molar-refractivity contribution < 1.29 is 37.0 Å². The van der Waals surface area contributed by atoms with Gasteiger partial charge in [-0.2, -0.15) is 13.2 Å². The molecule has 4 rings (SSSR count). The van der Waals surface area contributed by atoms with Gasteiger partial charge in [0.1, 0.15) is 10.6 Å². The average molecular weight is 535 g/mol. The number of hydrogen-bond donors (Lipinski definition) is 3. The van der Waals surface area contributed by atoms with Crippen LogP contribution in [0.3, 0.4) is 0 Å². The van der Waals surface area contributed by atoms with Crippen LogP contribution in [0.2, 0.25) is 0 Å². The third-order valence-electron chi connectivity index (χ3n) is 5.25. The van der Waals surface area contributed by atoms with Crippen molar-refractivity contribution in [3.63, 3.8) is 0 Å². The van der Waals surface area contributed by atoms with E-state index >= 15 is 0 Å². The van der Waals surface area contributed by atoms with Crippen molar-refractivity contribution in [2.75, 3.05) is 0 Å². The summed E-state index contributed by atoms with van der Waals surface area (Å²) in [6.45, 7) is -0.119. The van der Waals surface area contributed by atoms with Gasteiger partial charge in [-0.1, -0.05) is 18.2 Å². The second-order valence-corrected chi connectivity index (χ2v) is 8.70. The van der Waals surface area contributed by atoms with Crippen LogP contribution in [0.5, 0.6) is 0 Å². The fourth-order valence-electron chi connectivity index (χ4n) is 3.41. The topological polar surface area (TPSA) is 121 Å². The van der Waals surface area contributed by atoms with Crippen molar-refractivity contribution >= 4 is 33.4 Å². The zero-order chi connectivity index (χ0) is 26.7. The van der Waals surface area contributed by atoms with Crippen LogP contribution in [0.15, 0.2) is 52.6 Å². The quantitative estimate of drug-likeness (QED) is 0.286. The van der Waals surface area contributed by atoms with Crippen molar-refractivity contribution in [3.8, 4) is 0 Å². The van der Waals surface area contributed by atoms with E-state index in [1.807, 2.05) is 0 Å². The number of ether oxygens (including phenoxy) is 1. The van der Waals surface area contributed by atoms with Crippen molar-refractivity contribution in [2.45, 2.75) is 25.9 Å². The molecule has 0 aliphatic heterocycles. The number of aromatic amines is 1. The Labute approximate surface area is 209 Å². The predicted molar refractivity (Wildman–Crippen MR) is 125 cm³/mol. The number of nitrogens with one attached hydrogen (secondary N) is 2. The number of rotatable bonds is 8. The number of benzene rings is 2. The number of carbonyl (C=O) groups is 2. The molecule has 8 nitrogen and oxygen atoms in total. The lowest BCUT2D eigenvalue weighted by atomic mass is 10.1. The number of hydrogen-bond acceptors (Lipinski definition) is 6. The molecule has 0 saturated heterocycles. The van der Waals surface area contributed by atoms with E-state index < -0.39 is 35.0 Å². The van der Waals surface area contributed by atoms with Gasteiger partial charge in [-0.3, -0.25) is 9.59 Å². The number of alkyl halides is 3. The molecule has 37 heavy (non-hydrogen) atoms. The number of aromatic nitrogens is 2. The standard InChI is InChI=1S/C24H17F4N3O5S/c25-17-6-3-13(7-16(17)24(26,27)28)8-29-21(33)19-30-20(32)18-15(11-37-22(18)31-19)10-36-9-12-1-4-14(5-2-12)23(34)35/h1-7,11H,8-10H2,(H,29,33)(H,34,35)(H,30,31,32).